The number of pyridine rings is 1. The minimum Gasteiger partial charge on any atom is -0.352 e. The zero-order valence-corrected chi connectivity index (χ0v) is 9.32. The Labute approximate surface area is 89.6 Å². The second-order valence-electron chi connectivity index (χ2n) is 2.35. The molecular weight excluding hydrogens is 255 g/mol. The van der Waals surface area contributed by atoms with Crippen LogP contribution in [0.25, 0.3) is 0 Å². The van der Waals surface area contributed by atoms with Crippen molar-refractivity contribution in [3.8, 4) is 0 Å². The van der Waals surface area contributed by atoms with Crippen LogP contribution in [0.2, 0.25) is 5.02 Å². The molecule has 1 aromatic rings. The average molecular weight is 264 g/mol. The van der Waals surface area contributed by atoms with Crippen LogP contribution in [0, 0.1) is 0 Å². The van der Waals surface area contributed by atoms with Gasteiger partial charge >= 0.3 is 0 Å². The number of aromatic nitrogens is 1. The van der Waals surface area contributed by atoms with Crippen LogP contribution in [0.3, 0.4) is 0 Å². The molecule has 0 aliphatic rings. The second kappa shape index (κ2) is 4.58. The second-order valence-corrected chi connectivity index (χ2v) is 3.57. The first-order valence-electron chi connectivity index (χ1n) is 3.74. The van der Waals surface area contributed by atoms with E-state index in [1.165, 1.54) is 6.20 Å². The maximum absolute atomic E-state index is 11.4. The summed E-state index contributed by atoms with van der Waals surface area (Å²) in [4.78, 5) is 15.3. The highest BCUT2D eigenvalue weighted by atomic mass is 79.9. The van der Waals surface area contributed by atoms with Gasteiger partial charge in [-0.25, -0.2) is 4.98 Å². The van der Waals surface area contributed by atoms with Gasteiger partial charge in [-0.1, -0.05) is 11.6 Å². The molecule has 70 valence electrons. The zero-order valence-electron chi connectivity index (χ0n) is 6.97. The summed E-state index contributed by atoms with van der Waals surface area (Å²) in [6.07, 6.45) is 1.44. The molecule has 5 heteroatoms. The molecule has 1 heterocycles. The minimum atomic E-state index is -0.185. The Morgan fingerprint density at radius 2 is 2.46 bits per heavy atom. The molecular formula is C8H8BrClN2O. The molecule has 13 heavy (non-hydrogen) atoms. The molecule has 0 aromatic carbocycles. The van der Waals surface area contributed by atoms with Gasteiger partial charge in [0, 0.05) is 12.7 Å². The number of halogens is 2. The molecule has 0 saturated carbocycles. The van der Waals surface area contributed by atoms with E-state index in [2.05, 4.69) is 26.2 Å². The molecule has 0 aliphatic carbocycles. The quantitative estimate of drug-likeness (QED) is 0.832. The Bertz CT molecular complexity index is 330. The lowest BCUT2D eigenvalue weighted by Crippen LogP contribution is -2.23. The van der Waals surface area contributed by atoms with Crippen molar-refractivity contribution in [2.75, 3.05) is 6.54 Å². The maximum atomic E-state index is 11.4. The van der Waals surface area contributed by atoms with Crippen molar-refractivity contribution >= 4 is 33.4 Å². The van der Waals surface area contributed by atoms with Crippen LogP contribution in [0.15, 0.2) is 16.9 Å². The van der Waals surface area contributed by atoms with Crippen molar-refractivity contribution in [1.29, 1.82) is 0 Å². The first-order chi connectivity index (χ1) is 6.15. The third-order valence-electron chi connectivity index (χ3n) is 1.40. The summed E-state index contributed by atoms with van der Waals surface area (Å²) < 4.78 is 0.596. The van der Waals surface area contributed by atoms with E-state index in [-0.39, 0.29) is 5.91 Å². The zero-order chi connectivity index (χ0) is 9.84. The predicted octanol–water partition coefficient (Wildman–Crippen LogP) is 2.25. The van der Waals surface area contributed by atoms with Crippen LogP contribution in [-0.2, 0) is 0 Å². The summed E-state index contributed by atoms with van der Waals surface area (Å²) in [7, 11) is 0. The molecule has 1 N–H and O–H groups in total. The van der Waals surface area contributed by atoms with Crippen LogP contribution < -0.4 is 5.32 Å². The van der Waals surface area contributed by atoms with E-state index in [0.717, 1.165) is 0 Å². The first kappa shape index (κ1) is 10.5. The molecule has 1 rings (SSSR count). The fourth-order valence-corrected chi connectivity index (χ4v) is 1.36. The standard InChI is InChI=1S/C8H8BrClN2O/c1-2-11-8(13)5-3-7(9)12-4-6(5)10/h3-4H,2H2,1H3,(H,11,13). The van der Waals surface area contributed by atoms with Crippen LogP contribution in [0.1, 0.15) is 17.3 Å². The number of carbonyl (C=O) groups excluding carboxylic acids is 1. The minimum absolute atomic E-state index is 0.185. The van der Waals surface area contributed by atoms with Gasteiger partial charge in [-0.15, -0.1) is 0 Å². The molecule has 0 radical (unpaired) electrons. The van der Waals surface area contributed by atoms with Gasteiger partial charge in [-0.3, -0.25) is 4.79 Å². The molecule has 0 unspecified atom stereocenters. The average Bonchev–Trinajstić information content (AvgIpc) is 2.09. The van der Waals surface area contributed by atoms with E-state index in [1.807, 2.05) is 6.92 Å². The van der Waals surface area contributed by atoms with Crippen molar-refractivity contribution in [3.05, 3.63) is 27.5 Å². The van der Waals surface area contributed by atoms with Gasteiger partial charge in [0.05, 0.1) is 10.6 Å². The molecule has 1 amide bonds. The molecule has 1 aromatic heterocycles. The Kier molecular flexibility index (Phi) is 3.69. The lowest BCUT2D eigenvalue weighted by atomic mass is 10.2. The molecule has 3 nitrogen and oxygen atoms in total. The number of nitrogens with zero attached hydrogens (tertiary/aromatic N) is 1. The van der Waals surface area contributed by atoms with Crippen molar-refractivity contribution in [2.45, 2.75) is 6.92 Å². The molecule has 0 atom stereocenters. The van der Waals surface area contributed by atoms with Crippen LogP contribution >= 0.6 is 27.5 Å². The number of rotatable bonds is 2. The summed E-state index contributed by atoms with van der Waals surface area (Å²) >= 11 is 8.95. The summed E-state index contributed by atoms with van der Waals surface area (Å²) in [5.74, 6) is -0.185. The van der Waals surface area contributed by atoms with Crippen LogP contribution in [0.5, 0.6) is 0 Å². The topological polar surface area (TPSA) is 42.0 Å². The number of hydrogen-bond donors (Lipinski definition) is 1. The summed E-state index contributed by atoms with van der Waals surface area (Å²) in [6.45, 7) is 2.43. The van der Waals surface area contributed by atoms with Crippen LogP contribution in [-0.4, -0.2) is 17.4 Å². The van der Waals surface area contributed by atoms with E-state index >= 15 is 0 Å². The fourth-order valence-electron chi connectivity index (χ4n) is 0.843. The Morgan fingerprint density at radius 1 is 1.77 bits per heavy atom. The summed E-state index contributed by atoms with van der Waals surface area (Å²) in [5, 5.41) is 3.01. The number of amides is 1. The van der Waals surface area contributed by atoms with Gasteiger partial charge in [0.2, 0.25) is 0 Å². The van der Waals surface area contributed by atoms with Gasteiger partial charge < -0.3 is 5.32 Å². The maximum Gasteiger partial charge on any atom is 0.252 e. The first-order valence-corrected chi connectivity index (χ1v) is 4.91. The van der Waals surface area contributed by atoms with Crippen molar-refractivity contribution in [1.82, 2.24) is 10.3 Å². The lowest BCUT2D eigenvalue weighted by molar-refractivity contribution is 0.0956. The smallest absolute Gasteiger partial charge is 0.252 e. The monoisotopic (exact) mass is 262 g/mol. The van der Waals surface area contributed by atoms with Crippen molar-refractivity contribution in [3.63, 3.8) is 0 Å². The number of carbonyl (C=O) groups is 1. The highest BCUT2D eigenvalue weighted by Gasteiger charge is 2.09. The molecule has 0 fully saturated rings. The third kappa shape index (κ3) is 2.67. The molecule has 0 bridgehead atoms. The lowest BCUT2D eigenvalue weighted by Gasteiger charge is -2.03. The van der Waals surface area contributed by atoms with Gasteiger partial charge in [0.15, 0.2) is 0 Å². The van der Waals surface area contributed by atoms with E-state index < -0.39 is 0 Å². The van der Waals surface area contributed by atoms with Crippen molar-refractivity contribution < 1.29 is 4.79 Å². The largest absolute Gasteiger partial charge is 0.352 e. The predicted molar refractivity (Wildman–Crippen MR) is 55.0 cm³/mol. The van der Waals surface area contributed by atoms with Gasteiger partial charge in [0.25, 0.3) is 5.91 Å². The highest BCUT2D eigenvalue weighted by Crippen LogP contribution is 2.17. The summed E-state index contributed by atoms with van der Waals surface area (Å²) in [5.41, 5.74) is 0.436. The highest BCUT2D eigenvalue weighted by molar-refractivity contribution is 9.10. The van der Waals surface area contributed by atoms with Gasteiger partial charge in [-0.2, -0.15) is 0 Å². The SMILES string of the molecule is CCNC(=O)c1cc(Br)ncc1Cl. The van der Waals surface area contributed by atoms with E-state index in [4.69, 9.17) is 11.6 Å². The van der Waals surface area contributed by atoms with E-state index in [9.17, 15) is 4.79 Å². The Hall–Kier alpha value is -0.610. The normalized spacial score (nSPS) is 9.77. The summed E-state index contributed by atoms with van der Waals surface area (Å²) in [6, 6.07) is 1.59. The van der Waals surface area contributed by atoms with Crippen molar-refractivity contribution in [2.24, 2.45) is 0 Å². The van der Waals surface area contributed by atoms with Gasteiger partial charge in [0.1, 0.15) is 4.60 Å². The number of hydrogen-bond acceptors (Lipinski definition) is 2. The van der Waals surface area contributed by atoms with Gasteiger partial charge in [-0.05, 0) is 28.9 Å². The molecule has 0 spiro atoms. The molecule has 0 aliphatic heterocycles. The fraction of sp³-hybridized carbons (Fsp3) is 0.250. The molecule has 0 saturated heterocycles. The number of nitrogens with one attached hydrogen (secondary N) is 1. The Balaban J connectivity index is 2.99. The van der Waals surface area contributed by atoms with Crippen LogP contribution in [0.4, 0.5) is 0 Å². The van der Waals surface area contributed by atoms with E-state index in [1.54, 1.807) is 6.07 Å². The van der Waals surface area contributed by atoms with E-state index in [0.29, 0.717) is 21.7 Å². The third-order valence-corrected chi connectivity index (χ3v) is 2.14. The Morgan fingerprint density at radius 3 is 3.08 bits per heavy atom.